The van der Waals surface area contributed by atoms with Gasteiger partial charge in [0.2, 0.25) is 0 Å². The van der Waals surface area contributed by atoms with Crippen LogP contribution in [0.15, 0.2) is 59.5 Å². The number of para-hydroxylation sites is 1. The molecule has 2 aliphatic heterocycles. The van der Waals surface area contributed by atoms with E-state index in [1.54, 1.807) is 18.2 Å². The fourth-order valence-electron chi connectivity index (χ4n) is 3.96. The van der Waals surface area contributed by atoms with Crippen molar-refractivity contribution in [3.05, 3.63) is 65.7 Å². The van der Waals surface area contributed by atoms with Gasteiger partial charge in [0.15, 0.2) is 16.4 Å². The summed E-state index contributed by atoms with van der Waals surface area (Å²) in [5, 5.41) is 2.53. The molecule has 0 spiro atoms. The summed E-state index contributed by atoms with van der Waals surface area (Å²) < 4.78 is 55.2. The number of ether oxygens (including phenoxy) is 1. The summed E-state index contributed by atoms with van der Waals surface area (Å²) in [6.45, 7) is -0.131. The maximum Gasteiger partial charge on any atom is 0.331 e. The van der Waals surface area contributed by atoms with Gasteiger partial charge < -0.3 is 10.1 Å². The standard InChI is InChI=1S/C23H24N2O7S2/c26-22(24-19-12-14-33(28,29)16-19)15-32-23(27)10-7-17-5-8-20(9-6-17)34(30,31)25-13-11-18-3-1-2-4-21(18)25/h1-10,19H,11-16H2,(H,24,26)/b10-7+/t19-/m0/s1. The first-order chi connectivity index (χ1) is 16.1. The Morgan fingerprint density at radius 2 is 1.85 bits per heavy atom. The number of nitrogens with zero attached hydrogens (tertiary/aromatic N) is 1. The molecular formula is C23H24N2O7S2. The topological polar surface area (TPSA) is 127 Å². The van der Waals surface area contributed by atoms with Crippen LogP contribution in [0.25, 0.3) is 6.08 Å². The zero-order valence-corrected chi connectivity index (χ0v) is 19.8. The third-order valence-electron chi connectivity index (χ3n) is 5.67. The predicted molar refractivity (Wildman–Crippen MR) is 126 cm³/mol. The van der Waals surface area contributed by atoms with Gasteiger partial charge in [-0.05, 0) is 48.2 Å². The maximum atomic E-state index is 13.0. The second-order valence-electron chi connectivity index (χ2n) is 8.13. The zero-order chi connectivity index (χ0) is 24.3. The first-order valence-corrected chi connectivity index (χ1v) is 14.0. The Hall–Kier alpha value is -3.18. The number of esters is 1. The molecule has 0 aromatic heterocycles. The van der Waals surface area contributed by atoms with Crippen molar-refractivity contribution in [2.24, 2.45) is 0 Å². The van der Waals surface area contributed by atoms with Crippen LogP contribution in [0, 0.1) is 0 Å². The largest absolute Gasteiger partial charge is 0.452 e. The van der Waals surface area contributed by atoms with E-state index in [1.807, 2.05) is 18.2 Å². The lowest BCUT2D eigenvalue weighted by atomic mass is 10.2. The van der Waals surface area contributed by atoms with Crippen LogP contribution in [0.1, 0.15) is 17.5 Å². The van der Waals surface area contributed by atoms with Crippen molar-refractivity contribution in [3.8, 4) is 0 Å². The van der Waals surface area contributed by atoms with Gasteiger partial charge in [-0.25, -0.2) is 21.6 Å². The lowest BCUT2D eigenvalue weighted by Crippen LogP contribution is -2.38. The third-order valence-corrected chi connectivity index (χ3v) is 9.26. The molecule has 1 atom stereocenters. The lowest BCUT2D eigenvalue weighted by Gasteiger charge is -2.19. The van der Waals surface area contributed by atoms with Gasteiger partial charge in [-0.1, -0.05) is 30.3 Å². The molecule has 0 unspecified atom stereocenters. The molecule has 11 heteroatoms. The first-order valence-electron chi connectivity index (χ1n) is 10.7. The maximum absolute atomic E-state index is 13.0. The number of carbonyl (C=O) groups excluding carboxylic acids is 2. The molecule has 2 aromatic rings. The van der Waals surface area contributed by atoms with Crippen molar-refractivity contribution in [3.63, 3.8) is 0 Å². The van der Waals surface area contributed by atoms with E-state index in [0.29, 0.717) is 30.6 Å². The van der Waals surface area contributed by atoms with Crippen molar-refractivity contribution in [1.29, 1.82) is 0 Å². The van der Waals surface area contributed by atoms with Crippen LogP contribution in [-0.4, -0.2) is 59.4 Å². The molecule has 34 heavy (non-hydrogen) atoms. The molecule has 1 amide bonds. The van der Waals surface area contributed by atoms with Gasteiger partial charge >= 0.3 is 5.97 Å². The number of hydrogen-bond acceptors (Lipinski definition) is 7. The highest BCUT2D eigenvalue weighted by atomic mass is 32.2. The van der Waals surface area contributed by atoms with Gasteiger partial charge in [0.1, 0.15) is 0 Å². The average Bonchev–Trinajstić information content (AvgIpc) is 3.39. The Morgan fingerprint density at radius 3 is 2.56 bits per heavy atom. The monoisotopic (exact) mass is 504 g/mol. The molecule has 2 aromatic carbocycles. The van der Waals surface area contributed by atoms with Crippen LogP contribution < -0.4 is 9.62 Å². The number of anilines is 1. The Kier molecular flexibility index (Phi) is 6.76. The number of benzene rings is 2. The molecule has 0 aliphatic carbocycles. The van der Waals surface area contributed by atoms with Crippen LogP contribution in [0.4, 0.5) is 5.69 Å². The van der Waals surface area contributed by atoms with E-state index in [4.69, 9.17) is 4.74 Å². The quantitative estimate of drug-likeness (QED) is 0.445. The number of nitrogens with one attached hydrogen (secondary N) is 1. The molecule has 4 rings (SSSR count). The van der Waals surface area contributed by atoms with E-state index in [9.17, 15) is 26.4 Å². The average molecular weight is 505 g/mol. The van der Waals surface area contributed by atoms with E-state index in [0.717, 1.165) is 11.6 Å². The van der Waals surface area contributed by atoms with Crippen molar-refractivity contribution in [2.45, 2.75) is 23.8 Å². The molecule has 1 saturated heterocycles. The molecule has 2 aliphatic rings. The van der Waals surface area contributed by atoms with Crippen LogP contribution in [0.5, 0.6) is 0 Å². The molecule has 0 radical (unpaired) electrons. The summed E-state index contributed by atoms with van der Waals surface area (Å²) >= 11 is 0. The highest BCUT2D eigenvalue weighted by Crippen LogP contribution is 2.32. The summed E-state index contributed by atoms with van der Waals surface area (Å²) in [7, 11) is -6.82. The number of fused-ring (bicyclic) bond motifs is 1. The minimum atomic E-state index is -3.70. The zero-order valence-electron chi connectivity index (χ0n) is 18.2. The molecule has 1 N–H and O–H groups in total. The van der Waals surface area contributed by atoms with Gasteiger partial charge in [0.25, 0.3) is 15.9 Å². The smallest absolute Gasteiger partial charge is 0.331 e. The van der Waals surface area contributed by atoms with Crippen LogP contribution >= 0.6 is 0 Å². The highest BCUT2D eigenvalue weighted by molar-refractivity contribution is 7.93. The van der Waals surface area contributed by atoms with E-state index in [-0.39, 0.29) is 16.4 Å². The van der Waals surface area contributed by atoms with Gasteiger partial charge in [-0.2, -0.15) is 0 Å². The number of sulfonamides is 1. The fourth-order valence-corrected chi connectivity index (χ4v) is 7.14. The number of hydrogen-bond donors (Lipinski definition) is 1. The minimum Gasteiger partial charge on any atom is -0.452 e. The summed E-state index contributed by atoms with van der Waals surface area (Å²) in [5.41, 5.74) is 2.26. The number of amides is 1. The first kappa shape index (κ1) is 24.0. The van der Waals surface area contributed by atoms with E-state index >= 15 is 0 Å². The van der Waals surface area contributed by atoms with E-state index in [1.165, 1.54) is 22.5 Å². The Morgan fingerprint density at radius 1 is 1.12 bits per heavy atom. The normalized spacial score (nSPS) is 19.2. The number of sulfone groups is 1. The van der Waals surface area contributed by atoms with Crippen molar-refractivity contribution < 1.29 is 31.2 Å². The summed E-state index contributed by atoms with van der Waals surface area (Å²) in [6, 6.07) is 13.0. The van der Waals surface area contributed by atoms with Crippen molar-refractivity contribution in [2.75, 3.05) is 29.0 Å². The fraction of sp³-hybridized carbons (Fsp3) is 0.304. The number of rotatable bonds is 7. The van der Waals surface area contributed by atoms with Crippen LogP contribution in [-0.2, 0) is 40.6 Å². The van der Waals surface area contributed by atoms with E-state index in [2.05, 4.69) is 5.32 Å². The van der Waals surface area contributed by atoms with E-state index < -0.39 is 44.4 Å². The highest BCUT2D eigenvalue weighted by Gasteiger charge is 2.30. The second-order valence-corrected chi connectivity index (χ2v) is 12.2. The van der Waals surface area contributed by atoms with Crippen molar-refractivity contribution >= 4 is 43.5 Å². The summed E-state index contributed by atoms with van der Waals surface area (Å²) in [5.74, 6) is -1.39. The number of carbonyl (C=O) groups is 2. The molecule has 2 heterocycles. The lowest BCUT2D eigenvalue weighted by molar-refractivity contribution is -0.143. The van der Waals surface area contributed by atoms with Crippen LogP contribution in [0.2, 0.25) is 0 Å². The molecule has 180 valence electrons. The molecule has 0 bridgehead atoms. The predicted octanol–water partition coefficient (Wildman–Crippen LogP) is 1.30. The molecule has 1 fully saturated rings. The Balaban J connectivity index is 1.30. The van der Waals surface area contributed by atoms with Gasteiger partial charge in [-0.3, -0.25) is 9.10 Å². The Bertz CT molecular complexity index is 1330. The summed E-state index contributed by atoms with van der Waals surface area (Å²) in [4.78, 5) is 23.9. The van der Waals surface area contributed by atoms with Gasteiger partial charge in [0.05, 0.1) is 22.1 Å². The second kappa shape index (κ2) is 9.59. The van der Waals surface area contributed by atoms with Crippen molar-refractivity contribution in [1.82, 2.24) is 5.32 Å². The van der Waals surface area contributed by atoms with Gasteiger partial charge in [-0.15, -0.1) is 0 Å². The molecule has 9 nitrogen and oxygen atoms in total. The van der Waals surface area contributed by atoms with Crippen LogP contribution in [0.3, 0.4) is 0 Å². The minimum absolute atomic E-state index is 0.0336. The SMILES string of the molecule is O=C(COC(=O)/C=C/c1ccc(S(=O)(=O)N2CCc3ccccc32)cc1)N[C@H]1CCS(=O)(=O)C1. The third kappa shape index (κ3) is 5.48. The molecule has 0 saturated carbocycles. The van der Waals surface area contributed by atoms with Gasteiger partial charge in [0, 0.05) is 18.7 Å². The summed E-state index contributed by atoms with van der Waals surface area (Å²) in [6.07, 6.45) is 3.59. The Labute approximate surface area is 198 Å². The molecular weight excluding hydrogens is 480 g/mol.